The molecule has 0 atom stereocenters. The van der Waals surface area contributed by atoms with Crippen molar-refractivity contribution in [3.05, 3.63) is 35.7 Å². The molecule has 2 rings (SSSR count). The van der Waals surface area contributed by atoms with Gasteiger partial charge in [-0.25, -0.2) is 0 Å². The fourth-order valence-corrected chi connectivity index (χ4v) is 2.12. The molecule has 0 aliphatic carbocycles. The van der Waals surface area contributed by atoms with E-state index >= 15 is 0 Å². The summed E-state index contributed by atoms with van der Waals surface area (Å²) in [4.78, 5) is 0. The number of aliphatic hydroxyl groups is 1. The summed E-state index contributed by atoms with van der Waals surface area (Å²) in [5, 5.41) is 17.7. The quantitative estimate of drug-likeness (QED) is 0.884. The molecular formula is C14H19N3O. The van der Waals surface area contributed by atoms with Gasteiger partial charge in [-0.1, -0.05) is 24.3 Å². The zero-order valence-electron chi connectivity index (χ0n) is 11.3. The number of aliphatic hydroxyl groups excluding tert-OH is 1. The van der Waals surface area contributed by atoms with Gasteiger partial charge in [-0.15, -0.1) is 10.2 Å². The van der Waals surface area contributed by atoms with Crippen molar-refractivity contribution in [3.8, 4) is 11.4 Å². The Bertz CT molecular complexity index is 552. The average Bonchev–Trinajstić information content (AvgIpc) is 2.73. The normalized spacial score (nSPS) is 11.8. The molecule has 0 spiro atoms. The molecule has 1 aromatic carbocycles. The Morgan fingerprint density at radius 3 is 2.39 bits per heavy atom. The minimum Gasteiger partial charge on any atom is -0.388 e. The van der Waals surface area contributed by atoms with Crippen molar-refractivity contribution in [1.29, 1.82) is 0 Å². The Morgan fingerprint density at radius 1 is 1.17 bits per heavy atom. The number of benzene rings is 1. The zero-order valence-corrected chi connectivity index (χ0v) is 11.3. The van der Waals surface area contributed by atoms with Crippen molar-refractivity contribution in [1.82, 2.24) is 14.8 Å². The van der Waals surface area contributed by atoms with E-state index in [1.54, 1.807) is 0 Å². The molecule has 0 radical (unpaired) electrons. The highest BCUT2D eigenvalue weighted by atomic mass is 16.3. The van der Waals surface area contributed by atoms with Crippen molar-refractivity contribution >= 4 is 0 Å². The van der Waals surface area contributed by atoms with Crippen molar-refractivity contribution in [2.45, 2.75) is 39.8 Å². The van der Waals surface area contributed by atoms with Crippen LogP contribution in [0.5, 0.6) is 0 Å². The Hall–Kier alpha value is -1.68. The molecule has 0 fully saturated rings. The lowest BCUT2D eigenvalue weighted by atomic mass is 10.0. The number of hydrogen-bond acceptors (Lipinski definition) is 3. The minimum atomic E-state index is -0.167. The molecule has 0 saturated heterocycles. The van der Waals surface area contributed by atoms with Crippen molar-refractivity contribution < 1.29 is 5.11 Å². The first-order valence-corrected chi connectivity index (χ1v) is 6.07. The van der Waals surface area contributed by atoms with Gasteiger partial charge in [-0.2, -0.15) is 0 Å². The van der Waals surface area contributed by atoms with Gasteiger partial charge in [0.2, 0.25) is 0 Å². The minimum absolute atomic E-state index is 0.101. The third-order valence-electron chi connectivity index (χ3n) is 2.93. The van der Waals surface area contributed by atoms with E-state index in [-0.39, 0.29) is 12.1 Å². The van der Waals surface area contributed by atoms with Crippen LogP contribution in [0, 0.1) is 6.92 Å². The van der Waals surface area contributed by atoms with Crippen molar-refractivity contribution in [2.24, 2.45) is 0 Å². The summed E-state index contributed by atoms with van der Waals surface area (Å²) in [6.45, 7) is 8.19. The average molecular weight is 245 g/mol. The molecule has 0 aliphatic rings. The summed E-state index contributed by atoms with van der Waals surface area (Å²) in [5.41, 5.74) is 2.04. The molecule has 0 aliphatic heterocycles. The summed E-state index contributed by atoms with van der Waals surface area (Å²) in [6, 6.07) is 8.07. The van der Waals surface area contributed by atoms with Crippen LogP contribution in [-0.4, -0.2) is 19.9 Å². The molecule has 1 heterocycles. The van der Waals surface area contributed by atoms with E-state index in [4.69, 9.17) is 0 Å². The second-order valence-electron chi connectivity index (χ2n) is 5.42. The van der Waals surface area contributed by atoms with Crippen LogP contribution < -0.4 is 0 Å². The zero-order chi connectivity index (χ0) is 13.3. The van der Waals surface area contributed by atoms with Gasteiger partial charge in [0.05, 0.1) is 0 Å². The largest absolute Gasteiger partial charge is 0.388 e. The lowest BCUT2D eigenvalue weighted by Crippen LogP contribution is -2.25. The van der Waals surface area contributed by atoms with Crippen LogP contribution in [0.2, 0.25) is 0 Å². The highest BCUT2D eigenvalue weighted by molar-refractivity contribution is 5.60. The van der Waals surface area contributed by atoms with E-state index in [1.165, 1.54) is 0 Å². The van der Waals surface area contributed by atoms with Crippen LogP contribution in [0.15, 0.2) is 24.3 Å². The van der Waals surface area contributed by atoms with Crippen LogP contribution in [0.1, 0.15) is 32.2 Å². The second kappa shape index (κ2) is 4.53. The topological polar surface area (TPSA) is 50.9 Å². The summed E-state index contributed by atoms with van der Waals surface area (Å²) in [6.07, 6.45) is 0. The van der Waals surface area contributed by atoms with Crippen LogP contribution in [0.25, 0.3) is 11.4 Å². The van der Waals surface area contributed by atoms with Crippen LogP contribution in [-0.2, 0) is 12.1 Å². The fraction of sp³-hybridized carbons (Fsp3) is 0.429. The van der Waals surface area contributed by atoms with Gasteiger partial charge in [0.15, 0.2) is 11.6 Å². The van der Waals surface area contributed by atoms with E-state index in [0.29, 0.717) is 5.82 Å². The molecule has 0 saturated carbocycles. The van der Waals surface area contributed by atoms with Gasteiger partial charge in [0.1, 0.15) is 6.61 Å². The molecule has 4 heteroatoms. The van der Waals surface area contributed by atoms with Crippen molar-refractivity contribution in [3.63, 3.8) is 0 Å². The molecule has 1 N–H and O–H groups in total. The van der Waals surface area contributed by atoms with E-state index in [2.05, 4.69) is 44.0 Å². The third kappa shape index (κ3) is 2.16. The molecule has 0 unspecified atom stereocenters. The number of aromatic nitrogens is 3. The summed E-state index contributed by atoms with van der Waals surface area (Å²) >= 11 is 0. The Kier molecular flexibility index (Phi) is 3.22. The fourth-order valence-electron chi connectivity index (χ4n) is 2.12. The van der Waals surface area contributed by atoms with E-state index in [9.17, 15) is 5.11 Å². The van der Waals surface area contributed by atoms with Crippen molar-refractivity contribution in [2.75, 3.05) is 0 Å². The Labute approximate surface area is 107 Å². The first-order valence-electron chi connectivity index (χ1n) is 6.07. The van der Waals surface area contributed by atoms with Gasteiger partial charge in [-0.3, -0.25) is 0 Å². The highest BCUT2D eigenvalue weighted by Gasteiger charge is 2.23. The number of nitrogens with zero attached hydrogens (tertiary/aromatic N) is 3. The molecule has 1 aromatic heterocycles. The lowest BCUT2D eigenvalue weighted by Gasteiger charge is -2.25. The maximum atomic E-state index is 9.39. The number of rotatable bonds is 2. The molecule has 0 bridgehead atoms. The monoisotopic (exact) mass is 245 g/mol. The molecule has 18 heavy (non-hydrogen) atoms. The van der Waals surface area contributed by atoms with E-state index in [0.717, 1.165) is 17.0 Å². The summed E-state index contributed by atoms with van der Waals surface area (Å²) in [7, 11) is 0. The first-order chi connectivity index (χ1) is 8.45. The Morgan fingerprint density at radius 2 is 1.83 bits per heavy atom. The smallest absolute Gasteiger partial charge is 0.164 e. The van der Waals surface area contributed by atoms with Crippen LogP contribution in [0.4, 0.5) is 0 Å². The molecule has 96 valence electrons. The van der Waals surface area contributed by atoms with Gasteiger partial charge in [-0.05, 0) is 33.3 Å². The predicted octanol–water partition coefficient (Wildman–Crippen LogP) is 2.50. The summed E-state index contributed by atoms with van der Waals surface area (Å²) in [5.74, 6) is 1.41. The molecule has 0 amide bonds. The summed E-state index contributed by atoms with van der Waals surface area (Å²) < 4.78 is 2.00. The molecule has 4 nitrogen and oxygen atoms in total. The van der Waals surface area contributed by atoms with E-state index < -0.39 is 0 Å². The van der Waals surface area contributed by atoms with Gasteiger partial charge < -0.3 is 9.67 Å². The number of aryl methyl sites for hydroxylation is 1. The Balaban J connectivity index is 2.66. The van der Waals surface area contributed by atoms with Gasteiger partial charge in [0, 0.05) is 11.1 Å². The number of hydrogen-bond donors (Lipinski definition) is 1. The van der Waals surface area contributed by atoms with E-state index in [1.807, 2.05) is 22.8 Å². The maximum Gasteiger partial charge on any atom is 0.164 e. The van der Waals surface area contributed by atoms with Gasteiger partial charge in [0.25, 0.3) is 0 Å². The predicted molar refractivity (Wildman–Crippen MR) is 71.1 cm³/mol. The maximum absolute atomic E-state index is 9.39. The van der Waals surface area contributed by atoms with Crippen LogP contribution >= 0.6 is 0 Å². The van der Waals surface area contributed by atoms with Gasteiger partial charge >= 0.3 is 0 Å². The lowest BCUT2D eigenvalue weighted by molar-refractivity contribution is 0.250. The standard InChI is InChI=1S/C14H19N3O/c1-10-7-5-6-8-11(10)13-16-15-12(9-18)17(13)14(2,3)4/h5-8,18H,9H2,1-4H3. The van der Waals surface area contributed by atoms with Crippen LogP contribution in [0.3, 0.4) is 0 Å². The molecular weight excluding hydrogens is 226 g/mol. The first kappa shape index (κ1) is 12.8. The molecule has 2 aromatic rings. The SMILES string of the molecule is Cc1ccccc1-c1nnc(CO)n1C(C)(C)C. The second-order valence-corrected chi connectivity index (χ2v) is 5.42. The third-order valence-corrected chi connectivity index (χ3v) is 2.93. The highest BCUT2D eigenvalue weighted by Crippen LogP contribution is 2.27.